The third-order valence-corrected chi connectivity index (χ3v) is 5.06. The number of anilines is 1. The molecule has 27 heavy (non-hydrogen) atoms. The molecule has 1 N–H and O–H groups in total. The zero-order valence-electron chi connectivity index (χ0n) is 15.3. The maximum atomic E-state index is 12.8. The van der Waals surface area contributed by atoms with Crippen molar-refractivity contribution in [2.24, 2.45) is 0 Å². The lowest BCUT2D eigenvalue weighted by Crippen LogP contribution is -2.41. The molecule has 6 heteroatoms. The van der Waals surface area contributed by atoms with Crippen molar-refractivity contribution in [2.45, 2.75) is 13.3 Å². The van der Waals surface area contributed by atoms with Gasteiger partial charge in [0.15, 0.2) is 0 Å². The maximum absolute atomic E-state index is 12.8. The van der Waals surface area contributed by atoms with Crippen LogP contribution in [0.15, 0.2) is 36.4 Å². The lowest BCUT2D eigenvalue weighted by molar-refractivity contribution is 0.0302. The van der Waals surface area contributed by atoms with Crippen molar-refractivity contribution in [3.63, 3.8) is 0 Å². The van der Waals surface area contributed by atoms with Gasteiger partial charge in [-0.25, -0.2) is 0 Å². The van der Waals surface area contributed by atoms with Crippen molar-refractivity contribution in [3.8, 4) is 5.75 Å². The van der Waals surface area contributed by atoms with Crippen LogP contribution in [0.5, 0.6) is 5.75 Å². The lowest BCUT2D eigenvalue weighted by atomic mass is 10.0. The van der Waals surface area contributed by atoms with E-state index < -0.39 is 0 Å². The fourth-order valence-corrected chi connectivity index (χ4v) is 3.46. The number of carbonyl (C=O) groups excluding carboxylic acids is 2. The molecule has 1 fully saturated rings. The van der Waals surface area contributed by atoms with Crippen LogP contribution in [0.25, 0.3) is 0 Å². The molecule has 0 aromatic heterocycles. The van der Waals surface area contributed by atoms with Crippen molar-refractivity contribution in [3.05, 3.63) is 58.7 Å². The van der Waals surface area contributed by atoms with E-state index >= 15 is 0 Å². The fourth-order valence-electron chi connectivity index (χ4n) is 3.46. The van der Waals surface area contributed by atoms with Crippen LogP contribution in [0.2, 0.25) is 0 Å². The van der Waals surface area contributed by atoms with Gasteiger partial charge in [-0.2, -0.15) is 0 Å². The molecule has 1 saturated heterocycles. The number of nitrogens with one attached hydrogen (secondary N) is 1. The minimum Gasteiger partial charge on any atom is -0.493 e. The van der Waals surface area contributed by atoms with E-state index in [4.69, 9.17) is 9.47 Å². The highest BCUT2D eigenvalue weighted by molar-refractivity contribution is 6.06. The molecule has 0 aliphatic carbocycles. The SMILES string of the molecule is Cc1c(NC(=O)c2ccc3c(c2)CCO3)cccc1C(=O)N1CCOCC1. The fraction of sp³-hybridized carbons (Fsp3) is 0.333. The molecular weight excluding hydrogens is 344 g/mol. The van der Waals surface area contributed by atoms with Gasteiger partial charge in [0.2, 0.25) is 0 Å². The normalized spacial score (nSPS) is 15.8. The van der Waals surface area contributed by atoms with Crippen LogP contribution in [0, 0.1) is 6.92 Å². The largest absolute Gasteiger partial charge is 0.493 e. The molecule has 2 aromatic rings. The summed E-state index contributed by atoms with van der Waals surface area (Å²) in [7, 11) is 0. The second-order valence-electron chi connectivity index (χ2n) is 6.76. The Kier molecular flexibility index (Phi) is 4.81. The van der Waals surface area contributed by atoms with Crippen molar-refractivity contribution in [1.82, 2.24) is 4.90 Å². The highest BCUT2D eigenvalue weighted by atomic mass is 16.5. The summed E-state index contributed by atoms with van der Waals surface area (Å²) in [5.74, 6) is 0.631. The summed E-state index contributed by atoms with van der Waals surface area (Å²) >= 11 is 0. The average Bonchev–Trinajstić information content (AvgIpc) is 3.17. The minimum atomic E-state index is -0.191. The first kappa shape index (κ1) is 17.5. The van der Waals surface area contributed by atoms with E-state index in [0.29, 0.717) is 49.7 Å². The van der Waals surface area contributed by atoms with Crippen molar-refractivity contribution in [1.29, 1.82) is 0 Å². The molecule has 0 spiro atoms. The van der Waals surface area contributed by atoms with E-state index in [1.165, 1.54) is 0 Å². The molecular formula is C21H22N2O4. The Hall–Kier alpha value is -2.86. The number of nitrogens with zero attached hydrogens (tertiary/aromatic N) is 1. The molecule has 2 heterocycles. The predicted molar refractivity (Wildman–Crippen MR) is 101 cm³/mol. The van der Waals surface area contributed by atoms with Crippen LogP contribution in [0.1, 0.15) is 31.8 Å². The lowest BCUT2D eigenvalue weighted by Gasteiger charge is -2.27. The Morgan fingerprint density at radius 3 is 2.70 bits per heavy atom. The predicted octanol–water partition coefficient (Wildman–Crippen LogP) is 2.65. The summed E-state index contributed by atoms with van der Waals surface area (Å²) < 4.78 is 10.8. The first-order valence-electron chi connectivity index (χ1n) is 9.17. The zero-order chi connectivity index (χ0) is 18.8. The molecule has 4 rings (SSSR count). The molecule has 0 radical (unpaired) electrons. The van der Waals surface area contributed by atoms with Crippen LogP contribution in [0.3, 0.4) is 0 Å². The molecule has 2 aromatic carbocycles. The Morgan fingerprint density at radius 1 is 1.07 bits per heavy atom. The molecule has 2 aliphatic heterocycles. The molecule has 0 bridgehead atoms. The summed E-state index contributed by atoms with van der Waals surface area (Å²) in [5, 5.41) is 2.94. The molecule has 140 valence electrons. The third-order valence-electron chi connectivity index (χ3n) is 5.06. The summed E-state index contributed by atoms with van der Waals surface area (Å²) in [5.41, 5.74) is 3.67. The van der Waals surface area contributed by atoms with E-state index in [9.17, 15) is 9.59 Å². The van der Waals surface area contributed by atoms with Gasteiger partial charge in [0, 0.05) is 36.3 Å². The Morgan fingerprint density at radius 2 is 1.89 bits per heavy atom. The second kappa shape index (κ2) is 7.40. The van der Waals surface area contributed by atoms with E-state index in [1.54, 1.807) is 23.1 Å². The zero-order valence-corrected chi connectivity index (χ0v) is 15.3. The number of fused-ring (bicyclic) bond motifs is 1. The first-order valence-corrected chi connectivity index (χ1v) is 9.17. The van der Waals surface area contributed by atoms with Gasteiger partial charge in [-0.15, -0.1) is 0 Å². The van der Waals surface area contributed by atoms with Gasteiger partial charge in [-0.3, -0.25) is 9.59 Å². The van der Waals surface area contributed by atoms with Crippen LogP contribution in [0.4, 0.5) is 5.69 Å². The molecule has 0 atom stereocenters. The van der Waals surface area contributed by atoms with Gasteiger partial charge in [0.25, 0.3) is 11.8 Å². The third kappa shape index (κ3) is 3.53. The first-order chi connectivity index (χ1) is 13.1. The van der Waals surface area contributed by atoms with E-state index in [1.807, 2.05) is 25.1 Å². The number of rotatable bonds is 3. The summed E-state index contributed by atoms with van der Waals surface area (Å²) in [6.45, 7) is 4.82. The second-order valence-corrected chi connectivity index (χ2v) is 6.76. The van der Waals surface area contributed by atoms with Crippen molar-refractivity contribution in [2.75, 3.05) is 38.2 Å². The Labute approximate surface area is 158 Å². The van der Waals surface area contributed by atoms with E-state index in [0.717, 1.165) is 23.3 Å². The quantitative estimate of drug-likeness (QED) is 0.907. The minimum absolute atomic E-state index is 0.0263. The van der Waals surface area contributed by atoms with Crippen molar-refractivity contribution >= 4 is 17.5 Å². The van der Waals surface area contributed by atoms with Gasteiger partial charge in [0.1, 0.15) is 5.75 Å². The van der Waals surface area contributed by atoms with Gasteiger partial charge in [-0.05, 0) is 48.4 Å². The van der Waals surface area contributed by atoms with Gasteiger partial charge < -0.3 is 19.7 Å². The highest BCUT2D eigenvalue weighted by Crippen LogP contribution is 2.27. The number of benzene rings is 2. The van der Waals surface area contributed by atoms with E-state index in [2.05, 4.69) is 5.32 Å². The maximum Gasteiger partial charge on any atom is 0.255 e. The van der Waals surface area contributed by atoms with Crippen LogP contribution >= 0.6 is 0 Å². The number of ether oxygens (including phenoxy) is 2. The molecule has 6 nitrogen and oxygen atoms in total. The van der Waals surface area contributed by atoms with Gasteiger partial charge in [0.05, 0.1) is 19.8 Å². The number of hydrogen-bond acceptors (Lipinski definition) is 4. The summed E-state index contributed by atoms with van der Waals surface area (Å²) in [6.07, 6.45) is 0.818. The smallest absolute Gasteiger partial charge is 0.255 e. The number of carbonyl (C=O) groups is 2. The summed E-state index contributed by atoms with van der Waals surface area (Å²) in [6, 6.07) is 10.9. The number of morpholine rings is 1. The van der Waals surface area contributed by atoms with Gasteiger partial charge in [-0.1, -0.05) is 6.07 Å². The average molecular weight is 366 g/mol. The van der Waals surface area contributed by atoms with Crippen molar-refractivity contribution < 1.29 is 19.1 Å². The Balaban J connectivity index is 1.54. The van der Waals surface area contributed by atoms with Gasteiger partial charge >= 0.3 is 0 Å². The number of amides is 2. The molecule has 2 aliphatic rings. The molecule has 0 saturated carbocycles. The van der Waals surface area contributed by atoms with E-state index in [-0.39, 0.29) is 11.8 Å². The van der Waals surface area contributed by atoms with Crippen LogP contribution < -0.4 is 10.1 Å². The highest BCUT2D eigenvalue weighted by Gasteiger charge is 2.22. The van der Waals surface area contributed by atoms with Crippen LogP contribution in [-0.2, 0) is 11.2 Å². The molecule has 2 amide bonds. The number of hydrogen-bond donors (Lipinski definition) is 1. The standard InChI is InChI=1S/C21H22N2O4/c1-14-17(21(25)23-8-11-26-12-9-23)3-2-4-18(14)22-20(24)16-5-6-19-15(13-16)7-10-27-19/h2-6,13H,7-12H2,1H3,(H,22,24). The monoisotopic (exact) mass is 366 g/mol. The summed E-state index contributed by atoms with van der Waals surface area (Å²) in [4.78, 5) is 27.3. The molecule has 0 unspecified atom stereocenters. The van der Waals surface area contributed by atoms with Crippen LogP contribution in [-0.4, -0.2) is 49.6 Å². The Bertz CT molecular complexity index is 888. The topological polar surface area (TPSA) is 67.9 Å².